The van der Waals surface area contributed by atoms with Gasteiger partial charge in [0.25, 0.3) is 0 Å². The smallest absolute Gasteiger partial charge is 0.122 e. The largest absolute Gasteiger partial charge is 0.494 e. The lowest BCUT2D eigenvalue weighted by Gasteiger charge is -2.18. The zero-order valence-electron chi connectivity index (χ0n) is 12.4. The summed E-state index contributed by atoms with van der Waals surface area (Å²) in [7, 11) is 0. The molecule has 0 radical (unpaired) electrons. The van der Waals surface area contributed by atoms with Crippen LogP contribution in [0.3, 0.4) is 0 Å². The van der Waals surface area contributed by atoms with Crippen molar-refractivity contribution in [2.24, 2.45) is 0 Å². The number of hydrogen-bond donors (Lipinski definition) is 1. The summed E-state index contributed by atoms with van der Waals surface area (Å²) in [6.07, 6.45) is 1.06. The molecule has 1 aliphatic rings. The standard InChI is InChI=1S/C18H21NO/c1-4-20-18-10-12(2)15(9-13(18)3)17-11-14-7-5-6-8-16(14)19-17/h5-10,17,19H,4,11H2,1-3H3. The molecule has 0 spiro atoms. The van der Waals surface area contributed by atoms with Gasteiger partial charge < -0.3 is 10.1 Å². The normalized spacial score (nSPS) is 16.6. The predicted molar refractivity (Wildman–Crippen MR) is 83.6 cm³/mol. The molecule has 1 N–H and O–H groups in total. The van der Waals surface area contributed by atoms with E-state index in [1.54, 1.807) is 0 Å². The Morgan fingerprint density at radius 1 is 1.15 bits per heavy atom. The highest BCUT2D eigenvalue weighted by atomic mass is 16.5. The van der Waals surface area contributed by atoms with Gasteiger partial charge in [-0.1, -0.05) is 24.3 Å². The van der Waals surface area contributed by atoms with E-state index in [9.17, 15) is 0 Å². The number of benzene rings is 2. The summed E-state index contributed by atoms with van der Waals surface area (Å²) in [6, 6.07) is 13.4. The van der Waals surface area contributed by atoms with Crippen LogP contribution >= 0.6 is 0 Å². The van der Waals surface area contributed by atoms with Crippen molar-refractivity contribution in [2.45, 2.75) is 33.2 Å². The van der Waals surface area contributed by atoms with Gasteiger partial charge in [-0.15, -0.1) is 0 Å². The zero-order valence-corrected chi connectivity index (χ0v) is 12.4. The van der Waals surface area contributed by atoms with Crippen LogP contribution in [0.4, 0.5) is 5.69 Å². The van der Waals surface area contributed by atoms with Crippen LogP contribution in [0, 0.1) is 13.8 Å². The van der Waals surface area contributed by atoms with Gasteiger partial charge in [0.05, 0.1) is 12.6 Å². The van der Waals surface area contributed by atoms with Crippen molar-refractivity contribution in [3.8, 4) is 5.75 Å². The van der Waals surface area contributed by atoms with Gasteiger partial charge in [0, 0.05) is 5.69 Å². The van der Waals surface area contributed by atoms with Gasteiger partial charge in [-0.3, -0.25) is 0 Å². The van der Waals surface area contributed by atoms with Crippen LogP contribution in [0.25, 0.3) is 0 Å². The second kappa shape index (κ2) is 5.20. The van der Waals surface area contributed by atoms with E-state index in [1.165, 1.54) is 27.9 Å². The van der Waals surface area contributed by atoms with Gasteiger partial charge in [0.1, 0.15) is 5.75 Å². The number of ether oxygens (including phenoxy) is 1. The maximum atomic E-state index is 5.68. The summed E-state index contributed by atoms with van der Waals surface area (Å²) in [5.74, 6) is 1.00. The lowest BCUT2D eigenvalue weighted by Crippen LogP contribution is -2.08. The number of anilines is 1. The van der Waals surface area contributed by atoms with Gasteiger partial charge in [0.15, 0.2) is 0 Å². The van der Waals surface area contributed by atoms with Crippen LogP contribution in [0.2, 0.25) is 0 Å². The number of rotatable bonds is 3. The summed E-state index contributed by atoms with van der Waals surface area (Å²) in [5, 5.41) is 3.63. The molecule has 2 aromatic rings. The second-order valence-corrected chi connectivity index (χ2v) is 5.47. The molecule has 1 unspecified atom stereocenters. The average Bonchev–Trinajstić information content (AvgIpc) is 2.86. The fourth-order valence-electron chi connectivity index (χ4n) is 2.98. The van der Waals surface area contributed by atoms with Gasteiger partial charge in [-0.05, 0) is 61.6 Å². The van der Waals surface area contributed by atoms with Crippen molar-refractivity contribution in [2.75, 3.05) is 11.9 Å². The van der Waals surface area contributed by atoms with Crippen LogP contribution in [-0.2, 0) is 6.42 Å². The molecule has 3 rings (SSSR count). The van der Waals surface area contributed by atoms with Crippen LogP contribution in [0.1, 0.15) is 35.2 Å². The van der Waals surface area contributed by atoms with E-state index in [1.807, 2.05) is 6.92 Å². The molecule has 2 nitrogen and oxygen atoms in total. The molecular weight excluding hydrogens is 246 g/mol. The van der Waals surface area contributed by atoms with Crippen molar-refractivity contribution in [3.63, 3.8) is 0 Å². The molecule has 0 saturated carbocycles. The Hall–Kier alpha value is -1.96. The van der Waals surface area contributed by atoms with E-state index in [4.69, 9.17) is 4.74 Å². The molecule has 20 heavy (non-hydrogen) atoms. The SMILES string of the molecule is CCOc1cc(C)c(C2Cc3ccccc3N2)cc1C. The van der Waals surface area contributed by atoms with Crippen molar-refractivity contribution >= 4 is 5.69 Å². The Morgan fingerprint density at radius 2 is 1.95 bits per heavy atom. The summed E-state index contributed by atoms with van der Waals surface area (Å²) >= 11 is 0. The lowest BCUT2D eigenvalue weighted by molar-refractivity contribution is 0.337. The molecule has 1 atom stereocenters. The summed E-state index contributed by atoms with van der Waals surface area (Å²) < 4.78 is 5.68. The third-order valence-electron chi connectivity index (χ3n) is 4.01. The second-order valence-electron chi connectivity index (χ2n) is 5.47. The highest BCUT2D eigenvalue weighted by molar-refractivity contribution is 5.59. The third kappa shape index (κ3) is 2.26. The van der Waals surface area contributed by atoms with Crippen molar-refractivity contribution in [3.05, 3.63) is 58.7 Å². The highest BCUT2D eigenvalue weighted by Gasteiger charge is 2.23. The molecule has 0 saturated heterocycles. The minimum Gasteiger partial charge on any atom is -0.494 e. The Kier molecular flexibility index (Phi) is 3.39. The summed E-state index contributed by atoms with van der Waals surface area (Å²) in [5.41, 5.74) is 6.56. The van der Waals surface area contributed by atoms with Crippen LogP contribution in [0.15, 0.2) is 36.4 Å². The van der Waals surface area contributed by atoms with Gasteiger partial charge >= 0.3 is 0 Å². The Labute approximate surface area is 120 Å². The maximum Gasteiger partial charge on any atom is 0.122 e. The summed E-state index contributed by atoms with van der Waals surface area (Å²) in [4.78, 5) is 0. The average molecular weight is 267 g/mol. The Bertz CT molecular complexity index is 608. The molecule has 0 aliphatic carbocycles. The molecule has 1 aliphatic heterocycles. The van der Waals surface area contributed by atoms with E-state index in [2.05, 4.69) is 55.6 Å². The van der Waals surface area contributed by atoms with E-state index in [0.29, 0.717) is 12.6 Å². The topological polar surface area (TPSA) is 21.3 Å². The van der Waals surface area contributed by atoms with Crippen LogP contribution in [-0.4, -0.2) is 6.61 Å². The minimum atomic E-state index is 0.377. The number of aryl methyl sites for hydroxylation is 2. The Morgan fingerprint density at radius 3 is 2.70 bits per heavy atom. The fraction of sp³-hybridized carbons (Fsp3) is 0.333. The lowest BCUT2D eigenvalue weighted by atomic mass is 9.96. The third-order valence-corrected chi connectivity index (χ3v) is 4.01. The first-order chi connectivity index (χ1) is 9.69. The molecule has 0 amide bonds. The minimum absolute atomic E-state index is 0.377. The Balaban J connectivity index is 1.91. The van der Waals surface area contributed by atoms with E-state index in [-0.39, 0.29) is 0 Å². The van der Waals surface area contributed by atoms with E-state index >= 15 is 0 Å². The molecule has 0 fully saturated rings. The van der Waals surface area contributed by atoms with Gasteiger partial charge in [-0.25, -0.2) is 0 Å². The molecule has 2 heteroatoms. The number of hydrogen-bond acceptors (Lipinski definition) is 2. The molecular formula is C18H21NO. The number of para-hydroxylation sites is 1. The molecule has 1 heterocycles. The van der Waals surface area contributed by atoms with Crippen LogP contribution < -0.4 is 10.1 Å². The number of nitrogens with one attached hydrogen (secondary N) is 1. The first-order valence-corrected chi connectivity index (χ1v) is 7.27. The molecule has 0 aromatic heterocycles. The molecule has 2 aromatic carbocycles. The van der Waals surface area contributed by atoms with Crippen molar-refractivity contribution in [1.82, 2.24) is 0 Å². The quantitative estimate of drug-likeness (QED) is 0.889. The molecule has 0 bridgehead atoms. The monoisotopic (exact) mass is 267 g/mol. The predicted octanol–water partition coefficient (Wildman–Crippen LogP) is 4.41. The zero-order chi connectivity index (χ0) is 14.1. The fourth-order valence-corrected chi connectivity index (χ4v) is 2.98. The summed E-state index contributed by atoms with van der Waals surface area (Å²) in [6.45, 7) is 7.03. The first-order valence-electron chi connectivity index (χ1n) is 7.27. The van der Waals surface area contributed by atoms with E-state index in [0.717, 1.165) is 12.2 Å². The van der Waals surface area contributed by atoms with Crippen molar-refractivity contribution in [1.29, 1.82) is 0 Å². The van der Waals surface area contributed by atoms with Gasteiger partial charge in [-0.2, -0.15) is 0 Å². The first kappa shape index (κ1) is 13.0. The van der Waals surface area contributed by atoms with Crippen molar-refractivity contribution < 1.29 is 4.74 Å². The highest BCUT2D eigenvalue weighted by Crippen LogP contribution is 2.36. The van der Waals surface area contributed by atoms with Crippen LogP contribution in [0.5, 0.6) is 5.75 Å². The molecule has 104 valence electrons. The van der Waals surface area contributed by atoms with E-state index < -0.39 is 0 Å². The van der Waals surface area contributed by atoms with Gasteiger partial charge in [0.2, 0.25) is 0 Å². The number of fused-ring (bicyclic) bond motifs is 1. The maximum absolute atomic E-state index is 5.68.